The summed E-state index contributed by atoms with van der Waals surface area (Å²) in [6, 6.07) is 8.73. The van der Waals surface area contributed by atoms with Gasteiger partial charge in [-0.2, -0.15) is 0 Å². The molecule has 0 unspecified atom stereocenters. The van der Waals surface area contributed by atoms with E-state index >= 15 is 0 Å². The summed E-state index contributed by atoms with van der Waals surface area (Å²) in [6.45, 7) is 0. The zero-order valence-corrected chi connectivity index (χ0v) is 13.1. The zero-order chi connectivity index (χ0) is 13.9. The largest absolute Gasteiger partial charge is 0.381 e. The second-order valence-electron chi connectivity index (χ2n) is 2.89. The summed E-state index contributed by atoms with van der Waals surface area (Å²) < 4.78 is 62.3. The summed E-state index contributed by atoms with van der Waals surface area (Å²) >= 11 is 3.89. The van der Waals surface area contributed by atoms with Crippen LogP contribution in [0.2, 0.25) is 0 Å². The fraction of sp³-hybridized carbons (Fsp3) is 0. The van der Waals surface area contributed by atoms with Gasteiger partial charge < -0.3 is 0 Å². The van der Waals surface area contributed by atoms with Crippen molar-refractivity contribution in [3.8, 4) is 0 Å². The van der Waals surface area contributed by atoms with Gasteiger partial charge in [0.15, 0.2) is 0 Å². The Labute approximate surface area is 117 Å². The standard InChI is InChI=1S/C8H6IS2.F6P/c1-3-7(10-5-1)9-8-4-2-6-11-8;1-7(2,3,4,5)6/h1-6H;/q+1;-1. The first-order valence-electron chi connectivity index (χ1n) is 4.18. The quantitative estimate of drug-likeness (QED) is 0.384. The average molecular weight is 438 g/mol. The minimum atomic E-state index is -10.7. The molecule has 10 heteroatoms. The van der Waals surface area contributed by atoms with Gasteiger partial charge >= 0.3 is 54.2 Å². The van der Waals surface area contributed by atoms with Crippen LogP contribution in [0, 0.1) is 5.77 Å². The Morgan fingerprint density at radius 3 is 1.33 bits per heavy atom. The maximum atomic E-state index is 9.87. The fourth-order valence-corrected chi connectivity index (χ4v) is 6.08. The van der Waals surface area contributed by atoms with Gasteiger partial charge in [-0.1, -0.05) is 22.7 Å². The van der Waals surface area contributed by atoms with Crippen molar-refractivity contribution in [3.05, 3.63) is 40.8 Å². The molecule has 0 saturated carbocycles. The summed E-state index contributed by atoms with van der Waals surface area (Å²) in [5.41, 5.74) is 0. The number of halogens is 7. The van der Waals surface area contributed by atoms with Crippen molar-refractivity contribution in [1.29, 1.82) is 0 Å². The summed E-state index contributed by atoms with van der Waals surface area (Å²) in [5, 5.41) is 4.31. The van der Waals surface area contributed by atoms with Crippen molar-refractivity contribution in [1.82, 2.24) is 0 Å². The molecule has 18 heavy (non-hydrogen) atoms. The van der Waals surface area contributed by atoms with E-state index in [4.69, 9.17) is 0 Å². The topological polar surface area (TPSA) is 0 Å². The third-order valence-corrected chi connectivity index (χ3v) is 6.81. The van der Waals surface area contributed by atoms with Crippen LogP contribution in [0.4, 0.5) is 25.2 Å². The van der Waals surface area contributed by atoms with Gasteiger partial charge in [-0.15, -0.1) is 0 Å². The summed E-state index contributed by atoms with van der Waals surface area (Å²) in [5.74, 6) is 0. The molecular weight excluding hydrogens is 432 g/mol. The molecule has 0 N–H and O–H groups in total. The van der Waals surface area contributed by atoms with E-state index < -0.39 is 7.81 Å². The molecule has 0 amide bonds. The maximum Gasteiger partial charge on any atom is 0.381 e. The molecule has 104 valence electrons. The van der Waals surface area contributed by atoms with Gasteiger partial charge in [0.05, 0.1) is 0 Å². The van der Waals surface area contributed by atoms with E-state index in [0.29, 0.717) is 0 Å². The number of hydrogen-bond donors (Lipinski definition) is 0. The zero-order valence-electron chi connectivity index (χ0n) is 8.37. The van der Waals surface area contributed by atoms with Gasteiger partial charge in [-0.05, 0) is 22.9 Å². The van der Waals surface area contributed by atoms with Crippen LogP contribution < -0.4 is 21.2 Å². The summed E-state index contributed by atoms with van der Waals surface area (Å²) in [4.78, 5) is 0. The number of rotatable bonds is 2. The molecule has 0 spiro atoms. The predicted molar refractivity (Wildman–Crippen MR) is 59.6 cm³/mol. The van der Waals surface area contributed by atoms with E-state index in [1.54, 1.807) is 5.77 Å². The van der Waals surface area contributed by atoms with Crippen molar-refractivity contribution in [2.75, 3.05) is 0 Å². The van der Waals surface area contributed by atoms with Gasteiger partial charge in [0, 0.05) is 12.1 Å². The molecule has 0 aliphatic heterocycles. The van der Waals surface area contributed by atoms with Crippen LogP contribution in [0.1, 0.15) is 0 Å². The predicted octanol–water partition coefficient (Wildman–Crippen LogP) is 3.32. The van der Waals surface area contributed by atoms with E-state index in [9.17, 15) is 25.2 Å². The van der Waals surface area contributed by atoms with Crippen molar-refractivity contribution in [2.24, 2.45) is 0 Å². The van der Waals surface area contributed by atoms with Crippen LogP contribution in [0.25, 0.3) is 0 Å². The molecule has 0 aromatic carbocycles. The molecule has 0 aliphatic carbocycles. The van der Waals surface area contributed by atoms with Gasteiger partial charge in [0.25, 0.3) is 0 Å². The van der Waals surface area contributed by atoms with Gasteiger partial charge in [0.1, 0.15) is 0 Å². The first-order chi connectivity index (χ1) is 7.90. The minimum absolute atomic E-state index is 0.141. The van der Waals surface area contributed by atoms with Crippen LogP contribution in [0.15, 0.2) is 35.0 Å². The van der Waals surface area contributed by atoms with Gasteiger partial charge in [-0.3, -0.25) is 0 Å². The van der Waals surface area contributed by atoms with Crippen LogP contribution in [-0.2, 0) is 0 Å². The van der Waals surface area contributed by atoms with E-state index in [-0.39, 0.29) is 21.2 Å². The molecule has 2 rings (SSSR count). The third kappa shape index (κ3) is 11.2. The number of thiophene rings is 2. The molecule has 0 fully saturated rings. The number of hydrogen-bond acceptors (Lipinski definition) is 2. The minimum Gasteiger partial charge on any atom is -0.0962 e. The Balaban J connectivity index is 0.000000203. The van der Waals surface area contributed by atoms with E-state index in [1.807, 2.05) is 22.7 Å². The van der Waals surface area contributed by atoms with E-state index in [2.05, 4.69) is 35.0 Å². The van der Waals surface area contributed by atoms with Crippen LogP contribution >= 0.6 is 30.5 Å². The average Bonchev–Trinajstić information content (AvgIpc) is 2.71. The first kappa shape index (κ1) is 16.2. The molecule has 2 heterocycles. The Bertz CT molecular complexity index is 431. The Hall–Kier alpha value is 0.140. The second kappa shape index (κ2) is 4.92. The van der Waals surface area contributed by atoms with Gasteiger partial charge in [0.2, 0.25) is 5.77 Å². The maximum absolute atomic E-state index is 10.7. The van der Waals surface area contributed by atoms with Crippen LogP contribution in [0.5, 0.6) is 0 Å². The first-order valence-corrected chi connectivity index (χ1v) is 10.1. The van der Waals surface area contributed by atoms with Gasteiger partial charge in [-0.25, -0.2) is 0 Å². The fourth-order valence-electron chi connectivity index (χ4n) is 0.716. The van der Waals surface area contributed by atoms with Crippen molar-refractivity contribution in [2.45, 2.75) is 0 Å². The Morgan fingerprint density at radius 1 is 0.778 bits per heavy atom. The summed E-state index contributed by atoms with van der Waals surface area (Å²) in [6.07, 6.45) is 0. The van der Waals surface area contributed by atoms with Crippen molar-refractivity contribution >= 4 is 30.5 Å². The van der Waals surface area contributed by atoms with E-state index in [0.717, 1.165) is 0 Å². The molecule has 0 bridgehead atoms. The Morgan fingerprint density at radius 2 is 1.11 bits per heavy atom. The molecule has 0 radical (unpaired) electrons. The SMILES string of the molecule is F[P-](F)(F)(F)(F)F.c1csc([I+]c2cccs2)c1. The summed E-state index contributed by atoms with van der Waals surface area (Å²) in [7, 11) is -10.7. The second-order valence-corrected chi connectivity index (χ2v) is 11.0. The van der Waals surface area contributed by atoms with Crippen LogP contribution in [-0.4, -0.2) is 0 Å². The van der Waals surface area contributed by atoms with E-state index in [1.165, 1.54) is 0 Å². The van der Waals surface area contributed by atoms with Crippen molar-refractivity contribution < 1.29 is 46.4 Å². The molecule has 0 saturated heterocycles. The smallest absolute Gasteiger partial charge is 0.0962 e. The monoisotopic (exact) mass is 438 g/mol. The molecule has 0 atom stereocenters. The molecule has 2 aromatic rings. The normalized spacial score (nSPS) is 15.2. The molecular formula is C8H6F6IPS2. The molecule has 0 nitrogen and oxygen atoms in total. The van der Waals surface area contributed by atoms with Crippen molar-refractivity contribution in [3.63, 3.8) is 0 Å². The van der Waals surface area contributed by atoms with Crippen LogP contribution in [0.3, 0.4) is 0 Å². The third-order valence-electron chi connectivity index (χ3n) is 1.16. The molecule has 0 aliphatic rings. The molecule has 2 aromatic heterocycles. The Kier molecular flexibility index (Phi) is 4.42.